The van der Waals surface area contributed by atoms with E-state index < -0.39 is 0 Å². The first kappa shape index (κ1) is 19.0. The minimum atomic E-state index is -0.125. The van der Waals surface area contributed by atoms with Crippen LogP contribution in [0.5, 0.6) is 5.88 Å². The third-order valence-corrected chi connectivity index (χ3v) is 5.19. The second kappa shape index (κ2) is 8.31. The Balaban J connectivity index is 1.40. The van der Waals surface area contributed by atoms with Gasteiger partial charge < -0.3 is 19.3 Å². The fraction of sp³-hybridized carbons (Fsp3) is 0.737. The summed E-state index contributed by atoms with van der Waals surface area (Å²) < 4.78 is 11.8. The van der Waals surface area contributed by atoms with Gasteiger partial charge in [-0.15, -0.1) is 0 Å². The number of ether oxygens (including phenoxy) is 2. The van der Waals surface area contributed by atoms with Gasteiger partial charge in [-0.2, -0.15) is 0 Å². The standard InChI is InChI=1S/C19H30N4O3/c1-15-11-20-12-17(21-15)25-8-5-16-6-9-26-19(10-16)13-23(14-19)18(24)4-7-22(2)3/h11-12,16H,4-10,13-14H2,1-3H3. The monoisotopic (exact) mass is 362 g/mol. The van der Waals surface area contributed by atoms with E-state index in [-0.39, 0.29) is 11.5 Å². The fourth-order valence-electron chi connectivity index (χ4n) is 3.74. The van der Waals surface area contributed by atoms with Crippen LogP contribution in [0.25, 0.3) is 0 Å². The highest BCUT2D eigenvalue weighted by atomic mass is 16.5. The predicted molar refractivity (Wildman–Crippen MR) is 98.0 cm³/mol. The molecule has 2 fully saturated rings. The Morgan fingerprint density at radius 1 is 1.42 bits per heavy atom. The molecule has 2 aliphatic heterocycles. The summed E-state index contributed by atoms with van der Waals surface area (Å²) in [5.74, 6) is 1.39. The van der Waals surface area contributed by atoms with E-state index in [1.54, 1.807) is 12.4 Å². The number of aromatic nitrogens is 2. The van der Waals surface area contributed by atoms with Crippen molar-refractivity contribution >= 4 is 5.91 Å². The van der Waals surface area contributed by atoms with E-state index >= 15 is 0 Å². The first-order valence-corrected chi connectivity index (χ1v) is 9.44. The summed E-state index contributed by atoms with van der Waals surface area (Å²) in [5, 5.41) is 0. The van der Waals surface area contributed by atoms with E-state index in [9.17, 15) is 4.79 Å². The summed E-state index contributed by atoms with van der Waals surface area (Å²) in [5.41, 5.74) is 0.737. The number of hydrogen-bond acceptors (Lipinski definition) is 6. The maximum Gasteiger partial charge on any atom is 0.232 e. The third kappa shape index (κ3) is 4.92. The molecule has 3 rings (SSSR count). The minimum absolute atomic E-state index is 0.125. The number of carbonyl (C=O) groups is 1. The second-order valence-corrected chi connectivity index (χ2v) is 7.83. The quantitative estimate of drug-likeness (QED) is 0.732. The van der Waals surface area contributed by atoms with Crippen LogP contribution in [0, 0.1) is 12.8 Å². The molecule has 3 heterocycles. The van der Waals surface area contributed by atoms with Gasteiger partial charge in [-0.25, -0.2) is 4.98 Å². The number of aryl methyl sites for hydroxylation is 1. The van der Waals surface area contributed by atoms with Gasteiger partial charge in [0.1, 0.15) is 5.60 Å². The average Bonchev–Trinajstić information content (AvgIpc) is 2.58. The highest BCUT2D eigenvalue weighted by molar-refractivity contribution is 5.77. The van der Waals surface area contributed by atoms with Crippen LogP contribution in [0.3, 0.4) is 0 Å². The van der Waals surface area contributed by atoms with Crippen molar-refractivity contribution in [3.05, 3.63) is 18.1 Å². The lowest BCUT2D eigenvalue weighted by Gasteiger charge is -2.53. The zero-order valence-corrected chi connectivity index (χ0v) is 16.1. The topological polar surface area (TPSA) is 67.8 Å². The first-order chi connectivity index (χ1) is 12.5. The minimum Gasteiger partial charge on any atom is -0.477 e. The van der Waals surface area contributed by atoms with E-state index in [1.165, 1.54) is 0 Å². The Bertz CT molecular complexity index is 617. The summed E-state index contributed by atoms with van der Waals surface area (Å²) in [6.07, 6.45) is 7.00. The molecule has 1 atom stereocenters. The van der Waals surface area contributed by atoms with Gasteiger partial charge in [-0.1, -0.05) is 0 Å². The van der Waals surface area contributed by atoms with Crippen molar-refractivity contribution in [1.82, 2.24) is 19.8 Å². The number of carbonyl (C=O) groups excluding carboxylic acids is 1. The van der Waals surface area contributed by atoms with Gasteiger partial charge in [0.15, 0.2) is 0 Å². The zero-order valence-electron chi connectivity index (χ0n) is 16.1. The van der Waals surface area contributed by atoms with Crippen LogP contribution >= 0.6 is 0 Å². The molecule has 1 aromatic rings. The molecule has 26 heavy (non-hydrogen) atoms. The molecule has 0 saturated carbocycles. The third-order valence-electron chi connectivity index (χ3n) is 5.19. The van der Waals surface area contributed by atoms with Crippen molar-refractivity contribution in [1.29, 1.82) is 0 Å². The van der Waals surface area contributed by atoms with Gasteiger partial charge in [-0.05, 0) is 46.2 Å². The summed E-state index contributed by atoms with van der Waals surface area (Å²) in [7, 11) is 3.98. The van der Waals surface area contributed by atoms with Crippen LogP contribution in [-0.2, 0) is 9.53 Å². The molecule has 0 aromatic carbocycles. The Labute approximate surface area is 155 Å². The molecular weight excluding hydrogens is 332 g/mol. The highest BCUT2D eigenvalue weighted by Crippen LogP contribution is 2.38. The smallest absolute Gasteiger partial charge is 0.232 e. The summed E-state index contributed by atoms with van der Waals surface area (Å²) in [6.45, 7) is 5.59. The zero-order chi connectivity index (χ0) is 18.6. The van der Waals surface area contributed by atoms with E-state index in [2.05, 4.69) is 9.97 Å². The van der Waals surface area contributed by atoms with Crippen molar-refractivity contribution in [2.75, 3.05) is 46.9 Å². The molecular formula is C19H30N4O3. The summed E-state index contributed by atoms with van der Waals surface area (Å²) in [4.78, 5) is 24.6. The maximum absolute atomic E-state index is 12.2. The van der Waals surface area contributed by atoms with Gasteiger partial charge in [0.2, 0.25) is 11.8 Å². The van der Waals surface area contributed by atoms with Crippen LogP contribution in [-0.4, -0.2) is 78.2 Å². The van der Waals surface area contributed by atoms with Crippen molar-refractivity contribution in [3.63, 3.8) is 0 Å². The second-order valence-electron chi connectivity index (χ2n) is 7.83. The fourth-order valence-corrected chi connectivity index (χ4v) is 3.74. The number of amides is 1. The lowest BCUT2D eigenvalue weighted by molar-refractivity contribution is -0.189. The van der Waals surface area contributed by atoms with E-state index in [0.29, 0.717) is 24.8 Å². The molecule has 1 unspecified atom stereocenters. The van der Waals surface area contributed by atoms with Crippen LogP contribution in [0.2, 0.25) is 0 Å². The van der Waals surface area contributed by atoms with Crippen molar-refractivity contribution in [2.45, 2.75) is 38.2 Å². The van der Waals surface area contributed by atoms with E-state index in [1.807, 2.05) is 30.8 Å². The number of likely N-dealkylation sites (tertiary alicyclic amines) is 1. The Morgan fingerprint density at radius 3 is 2.96 bits per heavy atom. The molecule has 1 amide bonds. The van der Waals surface area contributed by atoms with Crippen molar-refractivity contribution < 1.29 is 14.3 Å². The Morgan fingerprint density at radius 2 is 2.23 bits per heavy atom. The molecule has 1 spiro atoms. The molecule has 2 saturated heterocycles. The summed E-state index contributed by atoms with van der Waals surface area (Å²) in [6, 6.07) is 0. The SMILES string of the molecule is Cc1cncc(OCCC2CCOC3(C2)CN(C(=O)CCN(C)C)C3)n1. The Kier molecular flexibility index (Phi) is 6.09. The molecule has 0 aliphatic carbocycles. The van der Waals surface area contributed by atoms with E-state index in [4.69, 9.17) is 9.47 Å². The number of nitrogens with zero attached hydrogens (tertiary/aromatic N) is 4. The van der Waals surface area contributed by atoms with E-state index in [0.717, 1.165) is 51.2 Å². The molecule has 0 radical (unpaired) electrons. The summed E-state index contributed by atoms with van der Waals surface area (Å²) >= 11 is 0. The van der Waals surface area contributed by atoms with Crippen molar-refractivity contribution in [3.8, 4) is 5.88 Å². The normalized spacial score (nSPS) is 21.7. The van der Waals surface area contributed by atoms with Gasteiger partial charge in [0.05, 0.1) is 31.6 Å². The van der Waals surface area contributed by atoms with Gasteiger partial charge in [0.25, 0.3) is 0 Å². The average molecular weight is 362 g/mol. The maximum atomic E-state index is 12.2. The van der Waals surface area contributed by atoms with Crippen LogP contribution in [0.15, 0.2) is 12.4 Å². The van der Waals surface area contributed by atoms with Gasteiger partial charge in [-0.3, -0.25) is 9.78 Å². The highest BCUT2D eigenvalue weighted by Gasteiger charge is 2.48. The Hall–Kier alpha value is -1.73. The first-order valence-electron chi connectivity index (χ1n) is 9.44. The van der Waals surface area contributed by atoms with Crippen LogP contribution < -0.4 is 4.74 Å². The number of rotatable bonds is 7. The predicted octanol–water partition coefficient (Wildman–Crippen LogP) is 1.51. The lowest BCUT2D eigenvalue weighted by atomic mass is 9.79. The molecule has 2 aliphatic rings. The largest absolute Gasteiger partial charge is 0.477 e. The molecule has 7 nitrogen and oxygen atoms in total. The molecule has 144 valence electrons. The molecule has 0 bridgehead atoms. The number of hydrogen-bond donors (Lipinski definition) is 0. The van der Waals surface area contributed by atoms with Crippen molar-refractivity contribution in [2.24, 2.45) is 5.92 Å². The molecule has 0 N–H and O–H groups in total. The molecule has 7 heteroatoms. The van der Waals surface area contributed by atoms with Crippen LogP contribution in [0.4, 0.5) is 0 Å². The molecule has 1 aromatic heterocycles. The van der Waals surface area contributed by atoms with Gasteiger partial charge in [0, 0.05) is 25.8 Å². The lowest BCUT2D eigenvalue weighted by Crippen LogP contribution is -2.66. The van der Waals surface area contributed by atoms with Crippen LogP contribution in [0.1, 0.15) is 31.4 Å². The van der Waals surface area contributed by atoms with Gasteiger partial charge >= 0.3 is 0 Å².